The molecule has 0 aromatic heterocycles. The number of benzene rings is 9. The predicted molar refractivity (Wildman–Crippen MR) is 476 cm³/mol. The third kappa shape index (κ3) is 34.8. The Morgan fingerprint density at radius 1 is 0.416 bits per heavy atom. The minimum atomic E-state index is -4.23. The normalized spacial score (nSPS) is 14.0. The molecule has 0 N–H and O–H groups in total. The van der Waals surface area contributed by atoms with Crippen molar-refractivity contribution in [3.8, 4) is 11.8 Å². The van der Waals surface area contributed by atoms with E-state index >= 15 is 0 Å². The minimum absolute atomic E-state index is 0. The molecule has 3 fully saturated rings. The fourth-order valence-corrected chi connectivity index (χ4v) is 12.7. The van der Waals surface area contributed by atoms with Crippen molar-refractivity contribution in [1.82, 2.24) is 0 Å². The first-order chi connectivity index (χ1) is 53.1. The minimum Gasteiger partial charge on any atom is -0.493 e. The van der Waals surface area contributed by atoms with Gasteiger partial charge in [0, 0.05) is 82.5 Å². The molecule has 614 valence electrons. The predicted octanol–water partition coefficient (Wildman–Crippen LogP) is 28.3. The summed E-state index contributed by atoms with van der Waals surface area (Å²) in [6.07, 6.45) is -0.419. The van der Waals surface area contributed by atoms with E-state index in [1.54, 1.807) is 18.2 Å². The zero-order valence-electron chi connectivity index (χ0n) is 71.6. The first-order valence-electron chi connectivity index (χ1n) is 40.9. The van der Waals surface area contributed by atoms with Crippen LogP contribution >= 0.6 is 0 Å². The van der Waals surface area contributed by atoms with Crippen LogP contribution in [0.15, 0.2) is 212 Å². The number of morpholine rings is 1. The molecular formula is C101H138F5N5O2. The van der Waals surface area contributed by atoms with Gasteiger partial charge < -0.3 is 29.1 Å². The van der Waals surface area contributed by atoms with Crippen molar-refractivity contribution in [2.75, 3.05) is 92.8 Å². The molecule has 0 amide bonds. The van der Waals surface area contributed by atoms with Crippen LogP contribution < -0.4 is 24.3 Å². The van der Waals surface area contributed by atoms with Gasteiger partial charge in [-0.3, -0.25) is 0 Å². The van der Waals surface area contributed by atoms with Crippen LogP contribution in [0.5, 0.6) is 5.75 Å². The second-order valence-corrected chi connectivity index (χ2v) is 32.6. The van der Waals surface area contributed by atoms with Crippen molar-refractivity contribution in [2.45, 2.75) is 230 Å². The van der Waals surface area contributed by atoms with Crippen molar-refractivity contribution >= 4 is 22.7 Å². The molecule has 4 aliphatic heterocycles. The molecule has 0 bridgehead atoms. The molecule has 1 atom stereocenters. The van der Waals surface area contributed by atoms with Crippen LogP contribution in [0.1, 0.15) is 277 Å². The lowest BCUT2D eigenvalue weighted by Crippen LogP contribution is -2.36. The summed E-state index contributed by atoms with van der Waals surface area (Å²) in [5.74, 6) is 5.64. The van der Waals surface area contributed by atoms with Crippen molar-refractivity contribution in [2.24, 2.45) is 0 Å². The summed E-state index contributed by atoms with van der Waals surface area (Å²) in [6, 6.07) is 72.2. The molecule has 4 aliphatic rings. The van der Waals surface area contributed by atoms with Crippen molar-refractivity contribution < 1.29 is 31.4 Å². The topological polar surface area (TPSA) is 55.2 Å². The van der Waals surface area contributed by atoms with E-state index in [0.717, 1.165) is 74.4 Å². The highest BCUT2D eigenvalue weighted by Crippen LogP contribution is 2.33. The maximum absolute atomic E-state index is 13.1. The van der Waals surface area contributed by atoms with Gasteiger partial charge in [-0.15, -0.1) is 0 Å². The van der Waals surface area contributed by atoms with Crippen LogP contribution in [0.3, 0.4) is 0 Å². The van der Waals surface area contributed by atoms with Gasteiger partial charge in [0.25, 0.3) is 0 Å². The van der Waals surface area contributed by atoms with Gasteiger partial charge in [-0.1, -0.05) is 265 Å². The average Bonchev–Trinajstić information content (AvgIpc) is 1.80. The number of alkyl halides is 4. The Bertz CT molecular complexity index is 4070. The standard InChI is InChI=1S/C13H18FN.C13H19NO.C13H19N.C11H17N.C11H14O.C10H11F3.C10H11N.C10H14.C9H11F.CH4/c1-10(2)11-4-3-5-13(8-11)15-7-6-12(14)9-15;1-11(2)12-4-3-5-13(10-12)14-6-8-15-9-7-14;1-11(2)12-6-5-7-13(10-12)14-8-3-4-9-14;1-9(2)10-6-5-7-11(8-10)12(3)4;1-8(2)9-3-4-11-10(7-9)5-6-12-11;1-7(2)8-4-3-5-9(6-8)10(11,12)13;1-8(2)10-5-3-4-9(6-10)7-11;1-8(2)10-6-4-5-9(3)7-10;1-7(2)8-4-3-5-9(10)6-8;/h3-5,8,10,12H,6-7,9H2,1-2H3;3-5,10-11H,6-9H2,1-2H3;5-7,10-11H,3-4,8-9H2,1-2H3;5-9H,1-4H3;3-4,7-8H,5-6H2,1-2H3;3-7H,1-2H3;3-6,8H,1-2H3;4-8H,1-3H3;3-7H,1-2H3;1H4. The zero-order chi connectivity index (χ0) is 82.6. The molecular weight excluding hydrogens is 1410 g/mol. The summed E-state index contributed by atoms with van der Waals surface area (Å²) in [6.45, 7) is 49.3. The van der Waals surface area contributed by atoms with Gasteiger partial charge in [0.05, 0.1) is 37.0 Å². The number of rotatable bonds is 13. The molecule has 12 heteroatoms. The van der Waals surface area contributed by atoms with Crippen molar-refractivity contribution in [1.29, 1.82) is 5.26 Å². The van der Waals surface area contributed by atoms with Crippen LogP contribution in [0.25, 0.3) is 0 Å². The van der Waals surface area contributed by atoms with E-state index in [0.29, 0.717) is 60.3 Å². The van der Waals surface area contributed by atoms with Gasteiger partial charge in [0.1, 0.15) is 17.7 Å². The molecule has 4 heterocycles. The van der Waals surface area contributed by atoms with Gasteiger partial charge in [0.15, 0.2) is 0 Å². The van der Waals surface area contributed by atoms with E-state index in [9.17, 15) is 22.0 Å². The lowest BCUT2D eigenvalue weighted by molar-refractivity contribution is -0.137. The second-order valence-electron chi connectivity index (χ2n) is 32.6. The number of hydrogen-bond donors (Lipinski definition) is 0. The summed E-state index contributed by atoms with van der Waals surface area (Å²) < 4.78 is 73.1. The maximum Gasteiger partial charge on any atom is 0.416 e. The van der Waals surface area contributed by atoms with Crippen LogP contribution in [0, 0.1) is 24.1 Å². The van der Waals surface area contributed by atoms with Gasteiger partial charge in [-0.25, -0.2) is 8.78 Å². The Morgan fingerprint density at radius 3 is 1.22 bits per heavy atom. The Morgan fingerprint density at radius 2 is 0.805 bits per heavy atom. The maximum atomic E-state index is 13.1. The number of nitriles is 1. The van der Waals surface area contributed by atoms with Gasteiger partial charge in [-0.05, 0) is 220 Å². The molecule has 1 unspecified atom stereocenters. The highest BCUT2D eigenvalue weighted by atomic mass is 19.4. The Hall–Kier alpha value is -8.92. The second kappa shape index (κ2) is 49.7. The van der Waals surface area contributed by atoms with Gasteiger partial charge >= 0.3 is 6.18 Å². The molecule has 9 aromatic rings. The first kappa shape index (κ1) is 96.4. The summed E-state index contributed by atoms with van der Waals surface area (Å²) >= 11 is 0. The Kier molecular flexibility index (Phi) is 42.4. The molecule has 0 saturated carbocycles. The fourth-order valence-electron chi connectivity index (χ4n) is 12.7. The number of anilines is 4. The summed E-state index contributed by atoms with van der Waals surface area (Å²) in [4.78, 5) is 9.16. The molecule has 0 spiro atoms. The van der Waals surface area contributed by atoms with E-state index in [1.165, 1.54) is 117 Å². The SMILES string of the molecule is C.CC(C)c1ccc2c(c1)CCO2.CC(C)c1cccc(C#N)c1.CC(C)c1cccc(C(F)(F)F)c1.CC(C)c1cccc(F)c1.CC(C)c1cccc(N(C)C)c1.CC(C)c1cccc(N2CCC(F)C2)c1.CC(C)c1cccc(N2CCCC2)c1.CC(C)c1cccc(N2CCOCC2)c1.Cc1cccc(C(C)C)c1. The summed E-state index contributed by atoms with van der Waals surface area (Å²) in [5, 5.41) is 8.59. The number of halogens is 5. The largest absolute Gasteiger partial charge is 0.493 e. The molecule has 113 heavy (non-hydrogen) atoms. The molecule has 9 aromatic carbocycles. The lowest BCUT2D eigenvalue weighted by atomic mass is 10.00. The van der Waals surface area contributed by atoms with Gasteiger partial charge in [0.2, 0.25) is 0 Å². The quantitative estimate of drug-likeness (QED) is 0.107. The Balaban J connectivity index is 0.000000269. The summed E-state index contributed by atoms with van der Waals surface area (Å²) in [7, 11) is 4.14. The van der Waals surface area contributed by atoms with E-state index in [-0.39, 0.29) is 19.2 Å². The first-order valence-corrected chi connectivity index (χ1v) is 40.9. The number of hydrogen-bond acceptors (Lipinski definition) is 7. The van der Waals surface area contributed by atoms with E-state index in [1.807, 2.05) is 44.2 Å². The molecule has 3 saturated heterocycles. The number of aryl methyl sites for hydroxylation is 1. The molecule has 0 radical (unpaired) electrons. The molecule has 13 rings (SSSR count). The average molecular weight is 1550 g/mol. The van der Waals surface area contributed by atoms with Crippen molar-refractivity contribution in [3.63, 3.8) is 0 Å². The third-order valence-corrected chi connectivity index (χ3v) is 20.2. The van der Waals surface area contributed by atoms with E-state index in [4.69, 9.17) is 14.7 Å². The molecule has 0 aliphatic carbocycles. The van der Waals surface area contributed by atoms with Crippen LogP contribution in [-0.4, -0.2) is 79.4 Å². The summed E-state index contributed by atoms with van der Waals surface area (Å²) in [5.41, 5.74) is 19.5. The molecule has 7 nitrogen and oxygen atoms in total. The van der Waals surface area contributed by atoms with Gasteiger partial charge in [-0.2, -0.15) is 18.4 Å². The van der Waals surface area contributed by atoms with E-state index < -0.39 is 17.9 Å². The fraction of sp³-hybridized carbons (Fsp3) is 0.455. The highest BCUT2D eigenvalue weighted by Gasteiger charge is 2.30. The zero-order valence-corrected chi connectivity index (χ0v) is 71.6. The van der Waals surface area contributed by atoms with Crippen LogP contribution in [0.4, 0.5) is 44.7 Å². The van der Waals surface area contributed by atoms with E-state index in [2.05, 4.69) is 297 Å². The third-order valence-electron chi connectivity index (χ3n) is 20.2. The number of ether oxygens (including phenoxy) is 2. The highest BCUT2D eigenvalue weighted by molar-refractivity contribution is 5.53. The van der Waals surface area contributed by atoms with Crippen LogP contribution in [0.2, 0.25) is 0 Å². The smallest absolute Gasteiger partial charge is 0.416 e. The lowest BCUT2D eigenvalue weighted by Gasteiger charge is -2.29. The van der Waals surface area contributed by atoms with Crippen molar-refractivity contribution in [3.05, 3.63) is 290 Å². The monoisotopic (exact) mass is 1550 g/mol. The van der Waals surface area contributed by atoms with Crippen LogP contribution in [-0.2, 0) is 17.3 Å². The Labute approximate surface area is 681 Å². The number of nitrogens with zero attached hydrogens (tertiary/aromatic N) is 5. The number of fused-ring (bicyclic) bond motifs is 1.